The highest BCUT2D eigenvalue weighted by Crippen LogP contribution is 2.33. The van der Waals surface area contributed by atoms with E-state index in [0.717, 1.165) is 11.1 Å². The van der Waals surface area contributed by atoms with E-state index in [1.165, 1.54) is 5.56 Å². The molecular formula is C19H13Cl3N2. The van der Waals surface area contributed by atoms with Gasteiger partial charge in [-0.1, -0.05) is 89.4 Å². The third-order valence-corrected chi connectivity index (χ3v) is 4.23. The lowest BCUT2D eigenvalue weighted by Gasteiger charge is -2.06. The van der Waals surface area contributed by atoms with E-state index in [4.69, 9.17) is 34.8 Å². The summed E-state index contributed by atoms with van der Waals surface area (Å²) in [4.78, 5) is 0. The van der Waals surface area contributed by atoms with Crippen LogP contribution in [0.3, 0.4) is 0 Å². The molecule has 5 heteroatoms. The van der Waals surface area contributed by atoms with Crippen LogP contribution in [0, 0.1) is 0 Å². The van der Waals surface area contributed by atoms with Gasteiger partial charge in [0, 0.05) is 5.02 Å². The molecule has 2 nitrogen and oxygen atoms in total. The Balaban J connectivity index is 1.72. The molecule has 24 heavy (non-hydrogen) atoms. The van der Waals surface area contributed by atoms with Crippen LogP contribution < -0.4 is 5.43 Å². The van der Waals surface area contributed by atoms with E-state index >= 15 is 0 Å². The van der Waals surface area contributed by atoms with Crippen LogP contribution in [-0.2, 0) is 0 Å². The zero-order chi connectivity index (χ0) is 16.9. The Morgan fingerprint density at radius 3 is 1.96 bits per heavy atom. The normalized spacial score (nSPS) is 11.0. The molecule has 0 atom stereocenters. The van der Waals surface area contributed by atoms with E-state index in [-0.39, 0.29) is 0 Å². The predicted molar refractivity (Wildman–Crippen MR) is 105 cm³/mol. The molecule has 0 radical (unpaired) electrons. The predicted octanol–water partition coefficient (Wildman–Crippen LogP) is 6.76. The molecule has 0 saturated heterocycles. The SMILES string of the molecule is Clc1cc(Cl)c(NN=Cc2ccc(-c3ccccc3)cc2)c(Cl)c1. The van der Waals surface area contributed by atoms with Crippen LogP contribution in [-0.4, -0.2) is 6.21 Å². The highest BCUT2D eigenvalue weighted by molar-refractivity contribution is 6.41. The molecular weight excluding hydrogens is 363 g/mol. The van der Waals surface area contributed by atoms with Gasteiger partial charge in [-0.15, -0.1) is 0 Å². The smallest absolute Gasteiger partial charge is 0.0935 e. The van der Waals surface area contributed by atoms with Crippen LogP contribution in [0.4, 0.5) is 5.69 Å². The molecule has 3 aromatic carbocycles. The number of halogens is 3. The van der Waals surface area contributed by atoms with Gasteiger partial charge in [-0.25, -0.2) is 0 Å². The first-order chi connectivity index (χ1) is 11.6. The lowest BCUT2D eigenvalue weighted by atomic mass is 10.0. The van der Waals surface area contributed by atoms with Gasteiger partial charge in [-0.05, 0) is 28.8 Å². The summed E-state index contributed by atoms with van der Waals surface area (Å²) in [7, 11) is 0. The van der Waals surface area contributed by atoms with Crippen molar-refractivity contribution in [2.75, 3.05) is 5.43 Å². The molecule has 0 spiro atoms. The van der Waals surface area contributed by atoms with Crippen LogP contribution in [0.2, 0.25) is 15.1 Å². The molecule has 3 rings (SSSR count). The number of hydrazone groups is 1. The van der Waals surface area contributed by atoms with Crippen molar-refractivity contribution >= 4 is 46.7 Å². The summed E-state index contributed by atoms with van der Waals surface area (Å²) >= 11 is 18.1. The molecule has 0 amide bonds. The van der Waals surface area contributed by atoms with Gasteiger partial charge in [0.05, 0.1) is 21.9 Å². The average molecular weight is 376 g/mol. The third-order valence-electron chi connectivity index (χ3n) is 3.41. The number of nitrogens with zero attached hydrogens (tertiary/aromatic N) is 1. The van der Waals surface area contributed by atoms with Gasteiger partial charge in [0.2, 0.25) is 0 Å². The lowest BCUT2D eigenvalue weighted by Crippen LogP contribution is -1.93. The van der Waals surface area contributed by atoms with Crippen molar-refractivity contribution in [3.8, 4) is 11.1 Å². The van der Waals surface area contributed by atoms with Crippen LogP contribution in [0.25, 0.3) is 11.1 Å². The van der Waals surface area contributed by atoms with Crippen LogP contribution >= 0.6 is 34.8 Å². The van der Waals surface area contributed by atoms with Gasteiger partial charge < -0.3 is 0 Å². The van der Waals surface area contributed by atoms with Gasteiger partial charge in [0.15, 0.2) is 0 Å². The Hall–Kier alpha value is -2.00. The number of rotatable bonds is 4. The molecule has 0 heterocycles. The van der Waals surface area contributed by atoms with Crippen molar-refractivity contribution < 1.29 is 0 Å². The van der Waals surface area contributed by atoms with E-state index in [0.29, 0.717) is 20.8 Å². The second kappa shape index (κ2) is 7.71. The maximum atomic E-state index is 6.10. The average Bonchev–Trinajstić information content (AvgIpc) is 2.58. The summed E-state index contributed by atoms with van der Waals surface area (Å²) in [5.74, 6) is 0. The van der Waals surface area contributed by atoms with E-state index in [9.17, 15) is 0 Å². The molecule has 120 valence electrons. The summed E-state index contributed by atoms with van der Waals surface area (Å²) in [6.45, 7) is 0. The first kappa shape index (κ1) is 16.8. The van der Waals surface area contributed by atoms with Crippen molar-refractivity contribution in [3.63, 3.8) is 0 Å². The van der Waals surface area contributed by atoms with Crippen molar-refractivity contribution in [2.24, 2.45) is 5.10 Å². The van der Waals surface area contributed by atoms with Gasteiger partial charge in [-0.2, -0.15) is 5.10 Å². The maximum Gasteiger partial charge on any atom is 0.0935 e. The van der Waals surface area contributed by atoms with Crippen molar-refractivity contribution in [3.05, 3.63) is 87.4 Å². The number of hydrogen-bond donors (Lipinski definition) is 1. The van der Waals surface area contributed by atoms with Crippen LogP contribution in [0.15, 0.2) is 71.8 Å². The molecule has 0 saturated carbocycles. The Labute approximate surface area is 155 Å². The molecule has 3 aromatic rings. The fraction of sp³-hybridized carbons (Fsp3) is 0. The minimum Gasteiger partial charge on any atom is -0.275 e. The monoisotopic (exact) mass is 374 g/mol. The second-order valence-corrected chi connectivity index (χ2v) is 6.35. The van der Waals surface area contributed by atoms with Crippen molar-refractivity contribution in [2.45, 2.75) is 0 Å². The van der Waals surface area contributed by atoms with E-state index in [1.54, 1.807) is 18.3 Å². The molecule has 0 aromatic heterocycles. The Bertz CT molecular complexity index is 837. The number of hydrogen-bond acceptors (Lipinski definition) is 2. The largest absolute Gasteiger partial charge is 0.275 e. The zero-order valence-electron chi connectivity index (χ0n) is 12.5. The molecule has 0 aliphatic heterocycles. The zero-order valence-corrected chi connectivity index (χ0v) is 14.8. The Morgan fingerprint density at radius 2 is 1.33 bits per heavy atom. The highest BCUT2D eigenvalue weighted by atomic mass is 35.5. The minimum absolute atomic E-state index is 0.420. The molecule has 1 N–H and O–H groups in total. The second-order valence-electron chi connectivity index (χ2n) is 5.10. The third kappa shape index (κ3) is 4.09. The Morgan fingerprint density at radius 1 is 0.750 bits per heavy atom. The molecule has 0 bridgehead atoms. The highest BCUT2D eigenvalue weighted by Gasteiger charge is 2.06. The fourth-order valence-electron chi connectivity index (χ4n) is 2.21. The molecule has 0 unspecified atom stereocenters. The van der Waals surface area contributed by atoms with E-state index in [1.807, 2.05) is 30.3 Å². The fourth-order valence-corrected chi connectivity index (χ4v) is 3.11. The molecule has 0 fully saturated rings. The number of benzene rings is 3. The Kier molecular flexibility index (Phi) is 5.41. The summed E-state index contributed by atoms with van der Waals surface area (Å²) < 4.78 is 0. The number of nitrogens with one attached hydrogen (secondary N) is 1. The van der Waals surface area contributed by atoms with E-state index < -0.39 is 0 Å². The topological polar surface area (TPSA) is 24.4 Å². The van der Waals surface area contributed by atoms with Gasteiger partial charge >= 0.3 is 0 Å². The van der Waals surface area contributed by atoms with Gasteiger partial charge in [-0.3, -0.25) is 5.43 Å². The van der Waals surface area contributed by atoms with Crippen LogP contribution in [0.1, 0.15) is 5.56 Å². The van der Waals surface area contributed by atoms with Crippen molar-refractivity contribution in [1.82, 2.24) is 0 Å². The standard InChI is InChI=1S/C19H13Cl3N2/c20-16-10-17(21)19(18(22)11-16)24-23-12-13-6-8-15(9-7-13)14-4-2-1-3-5-14/h1-12,24H. The quantitative estimate of drug-likeness (QED) is 0.395. The van der Waals surface area contributed by atoms with Crippen LogP contribution in [0.5, 0.6) is 0 Å². The lowest BCUT2D eigenvalue weighted by molar-refractivity contribution is 1.35. The summed E-state index contributed by atoms with van der Waals surface area (Å²) in [6.07, 6.45) is 1.70. The number of anilines is 1. The molecule has 0 aliphatic rings. The summed E-state index contributed by atoms with van der Waals surface area (Å²) in [5.41, 5.74) is 6.68. The maximum absolute atomic E-state index is 6.10. The molecule has 0 aliphatic carbocycles. The minimum atomic E-state index is 0.420. The summed E-state index contributed by atoms with van der Waals surface area (Å²) in [6, 6.07) is 21.5. The van der Waals surface area contributed by atoms with Gasteiger partial charge in [0.25, 0.3) is 0 Å². The summed E-state index contributed by atoms with van der Waals surface area (Å²) in [5, 5.41) is 5.50. The van der Waals surface area contributed by atoms with Crippen molar-refractivity contribution in [1.29, 1.82) is 0 Å². The van der Waals surface area contributed by atoms with E-state index in [2.05, 4.69) is 34.8 Å². The van der Waals surface area contributed by atoms with Gasteiger partial charge in [0.1, 0.15) is 0 Å². The first-order valence-corrected chi connectivity index (χ1v) is 8.36. The first-order valence-electron chi connectivity index (χ1n) is 7.22.